The fourth-order valence-electron chi connectivity index (χ4n) is 1.67. The summed E-state index contributed by atoms with van der Waals surface area (Å²) in [7, 11) is 0. The Morgan fingerprint density at radius 3 is 2.82 bits per heavy atom. The quantitative estimate of drug-likeness (QED) is 0.833. The molecular weight excluding hydrogens is 302 g/mol. The van der Waals surface area contributed by atoms with Crippen LogP contribution in [0.2, 0.25) is 5.02 Å². The van der Waals surface area contributed by atoms with E-state index in [1.807, 2.05) is 30.3 Å². The molecule has 4 heteroatoms. The standard InChI is InChI=1S/C13H13BrClNO/c1-2-10(12-7-4-8-17-12)16-11-6-3-5-9(15)13(11)14/h3-8,10,16H,2H2,1H3. The van der Waals surface area contributed by atoms with Crippen molar-refractivity contribution in [3.05, 3.63) is 51.9 Å². The summed E-state index contributed by atoms with van der Waals surface area (Å²) in [5, 5.41) is 4.11. The first-order valence-electron chi connectivity index (χ1n) is 5.46. The zero-order valence-electron chi connectivity index (χ0n) is 9.41. The Balaban J connectivity index is 2.22. The van der Waals surface area contributed by atoms with Gasteiger partial charge in [0.1, 0.15) is 5.76 Å². The average Bonchev–Trinajstić information content (AvgIpc) is 2.85. The van der Waals surface area contributed by atoms with Gasteiger partial charge >= 0.3 is 0 Å². The number of rotatable bonds is 4. The second-order valence-electron chi connectivity index (χ2n) is 3.72. The van der Waals surface area contributed by atoms with Crippen LogP contribution in [0.3, 0.4) is 0 Å². The second-order valence-corrected chi connectivity index (χ2v) is 4.92. The summed E-state index contributed by atoms with van der Waals surface area (Å²) in [6.07, 6.45) is 2.62. The number of anilines is 1. The second kappa shape index (κ2) is 5.61. The summed E-state index contributed by atoms with van der Waals surface area (Å²) in [5.41, 5.74) is 0.973. The smallest absolute Gasteiger partial charge is 0.125 e. The molecule has 1 aromatic heterocycles. The van der Waals surface area contributed by atoms with Crippen LogP contribution in [0, 0.1) is 0 Å². The van der Waals surface area contributed by atoms with Gasteiger partial charge in [-0.3, -0.25) is 0 Å². The Morgan fingerprint density at radius 1 is 1.35 bits per heavy atom. The number of furan rings is 1. The van der Waals surface area contributed by atoms with Crippen molar-refractivity contribution in [3.63, 3.8) is 0 Å². The maximum absolute atomic E-state index is 6.06. The Hall–Kier alpha value is -0.930. The highest BCUT2D eigenvalue weighted by Crippen LogP contribution is 2.33. The van der Waals surface area contributed by atoms with E-state index in [1.54, 1.807) is 6.26 Å². The third-order valence-electron chi connectivity index (χ3n) is 2.58. The van der Waals surface area contributed by atoms with Gasteiger partial charge < -0.3 is 9.73 Å². The first kappa shape index (κ1) is 12.5. The van der Waals surface area contributed by atoms with Gasteiger partial charge in [0.25, 0.3) is 0 Å². The summed E-state index contributed by atoms with van der Waals surface area (Å²) in [6.45, 7) is 2.11. The molecule has 0 fully saturated rings. The monoisotopic (exact) mass is 313 g/mol. The van der Waals surface area contributed by atoms with E-state index in [0.717, 1.165) is 22.3 Å². The highest BCUT2D eigenvalue weighted by molar-refractivity contribution is 9.10. The van der Waals surface area contributed by atoms with Crippen LogP contribution in [-0.4, -0.2) is 0 Å². The lowest BCUT2D eigenvalue weighted by atomic mass is 10.1. The van der Waals surface area contributed by atoms with Gasteiger partial charge in [0.2, 0.25) is 0 Å². The highest BCUT2D eigenvalue weighted by Gasteiger charge is 2.13. The van der Waals surface area contributed by atoms with Gasteiger partial charge in [-0.15, -0.1) is 0 Å². The zero-order valence-corrected chi connectivity index (χ0v) is 11.8. The Bertz CT molecular complexity index is 484. The number of benzene rings is 1. The lowest BCUT2D eigenvalue weighted by molar-refractivity contribution is 0.474. The van der Waals surface area contributed by atoms with Crippen molar-refractivity contribution < 1.29 is 4.42 Å². The van der Waals surface area contributed by atoms with E-state index in [0.29, 0.717) is 5.02 Å². The third-order valence-corrected chi connectivity index (χ3v) is 3.97. The van der Waals surface area contributed by atoms with E-state index in [-0.39, 0.29) is 6.04 Å². The molecule has 0 aliphatic rings. The molecule has 0 spiro atoms. The van der Waals surface area contributed by atoms with Crippen molar-refractivity contribution in [3.8, 4) is 0 Å². The van der Waals surface area contributed by atoms with Gasteiger partial charge in [0.05, 0.1) is 27.5 Å². The van der Waals surface area contributed by atoms with Crippen molar-refractivity contribution in [1.29, 1.82) is 0 Å². The largest absolute Gasteiger partial charge is 0.467 e. The van der Waals surface area contributed by atoms with Crippen molar-refractivity contribution in [2.45, 2.75) is 19.4 Å². The third kappa shape index (κ3) is 2.85. The SMILES string of the molecule is CCC(Nc1cccc(Cl)c1Br)c1ccco1. The van der Waals surface area contributed by atoms with E-state index >= 15 is 0 Å². The normalized spacial score (nSPS) is 12.4. The maximum Gasteiger partial charge on any atom is 0.125 e. The van der Waals surface area contributed by atoms with E-state index in [1.165, 1.54) is 0 Å². The number of hydrogen-bond acceptors (Lipinski definition) is 2. The van der Waals surface area contributed by atoms with Gasteiger partial charge in [0.15, 0.2) is 0 Å². The molecule has 1 N–H and O–H groups in total. The van der Waals surface area contributed by atoms with E-state index in [4.69, 9.17) is 16.0 Å². The molecule has 0 aliphatic heterocycles. The molecule has 2 nitrogen and oxygen atoms in total. The van der Waals surface area contributed by atoms with Crippen molar-refractivity contribution in [2.75, 3.05) is 5.32 Å². The van der Waals surface area contributed by atoms with Crippen LogP contribution in [-0.2, 0) is 0 Å². The minimum atomic E-state index is 0.153. The molecule has 0 saturated heterocycles. The van der Waals surface area contributed by atoms with Gasteiger partial charge in [-0.05, 0) is 46.6 Å². The summed E-state index contributed by atoms with van der Waals surface area (Å²) < 4.78 is 6.30. The van der Waals surface area contributed by atoms with Gasteiger partial charge in [-0.25, -0.2) is 0 Å². The minimum absolute atomic E-state index is 0.153. The van der Waals surface area contributed by atoms with Crippen LogP contribution >= 0.6 is 27.5 Å². The molecule has 17 heavy (non-hydrogen) atoms. The topological polar surface area (TPSA) is 25.2 Å². The molecule has 1 aromatic carbocycles. The molecule has 0 saturated carbocycles. The van der Waals surface area contributed by atoms with Crippen LogP contribution in [0.1, 0.15) is 25.1 Å². The lowest BCUT2D eigenvalue weighted by Crippen LogP contribution is -2.09. The Labute approximate surface area is 114 Å². The predicted octanol–water partition coefficient (Wildman–Crippen LogP) is 5.26. The Morgan fingerprint density at radius 2 is 2.18 bits per heavy atom. The molecule has 2 rings (SSSR count). The maximum atomic E-state index is 6.06. The fraction of sp³-hybridized carbons (Fsp3) is 0.231. The molecule has 1 atom stereocenters. The van der Waals surface area contributed by atoms with Crippen LogP contribution in [0.15, 0.2) is 45.5 Å². The molecule has 0 amide bonds. The van der Waals surface area contributed by atoms with Gasteiger partial charge in [0, 0.05) is 0 Å². The highest BCUT2D eigenvalue weighted by atomic mass is 79.9. The summed E-state index contributed by atoms with van der Waals surface area (Å²) in [6, 6.07) is 9.78. The minimum Gasteiger partial charge on any atom is -0.467 e. The zero-order chi connectivity index (χ0) is 12.3. The van der Waals surface area contributed by atoms with Gasteiger partial charge in [-0.2, -0.15) is 0 Å². The van der Waals surface area contributed by atoms with Crippen LogP contribution in [0.4, 0.5) is 5.69 Å². The Kier molecular flexibility index (Phi) is 4.13. The van der Waals surface area contributed by atoms with Crippen LogP contribution in [0.5, 0.6) is 0 Å². The number of nitrogens with one attached hydrogen (secondary N) is 1. The molecular formula is C13H13BrClNO. The lowest BCUT2D eigenvalue weighted by Gasteiger charge is -2.17. The van der Waals surface area contributed by atoms with Crippen molar-refractivity contribution >= 4 is 33.2 Å². The summed E-state index contributed by atoms with van der Waals surface area (Å²) in [4.78, 5) is 0. The van der Waals surface area contributed by atoms with E-state index in [2.05, 4.69) is 28.2 Å². The average molecular weight is 315 g/mol. The van der Waals surface area contributed by atoms with E-state index in [9.17, 15) is 0 Å². The van der Waals surface area contributed by atoms with Crippen LogP contribution in [0.25, 0.3) is 0 Å². The summed E-state index contributed by atoms with van der Waals surface area (Å²) in [5.74, 6) is 0.930. The van der Waals surface area contributed by atoms with Crippen LogP contribution < -0.4 is 5.32 Å². The fourth-order valence-corrected chi connectivity index (χ4v) is 2.22. The molecule has 90 valence electrons. The summed E-state index contributed by atoms with van der Waals surface area (Å²) >= 11 is 9.53. The first-order valence-corrected chi connectivity index (χ1v) is 6.63. The molecule has 1 unspecified atom stereocenters. The number of halogens is 2. The first-order chi connectivity index (χ1) is 8.22. The number of hydrogen-bond donors (Lipinski definition) is 1. The van der Waals surface area contributed by atoms with E-state index < -0.39 is 0 Å². The molecule has 0 bridgehead atoms. The molecule has 2 aromatic rings. The predicted molar refractivity (Wildman–Crippen MR) is 74.5 cm³/mol. The molecule has 1 heterocycles. The van der Waals surface area contributed by atoms with Crippen molar-refractivity contribution in [2.24, 2.45) is 0 Å². The van der Waals surface area contributed by atoms with Gasteiger partial charge in [-0.1, -0.05) is 24.6 Å². The van der Waals surface area contributed by atoms with Crippen molar-refractivity contribution in [1.82, 2.24) is 0 Å². The molecule has 0 aliphatic carbocycles. The molecule has 0 radical (unpaired) electrons.